The second kappa shape index (κ2) is 5.49. The Hall–Kier alpha value is -2.06. The number of alkyl halides is 3. The quantitative estimate of drug-likeness (QED) is 0.638. The fourth-order valence-corrected chi connectivity index (χ4v) is 2.89. The Labute approximate surface area is 142 Å². The number of aliphatic hydroxyl groups is 1. The summed E-state index contributed by atoms with van der Waals surface area (Å²) in [6, 6.07) is 8.01. The van der Waals surface area contributed by atoms with E-state index in [0.29, 0.717) is 10.2 Å². The third-order valence-electron chi connectivity index (χ3n) is 3.72. The number of halogens is 4. The highest BCUT2D eigenvalue weighted by Gasteiger charge is 2.59. The average Bonchev–Trinajstić information content (AvgIpc) is 2.92. The predicted octanol–water partition coefficient (Wildman–Crippen LogP) is 3.99. The minimum absolute atomic E-state index is 0.124. The number of hydrogen-bond donors (Lipinski definition) is 2. The molecule has 2 heterocycles. The molecular weight excluding hydrogens is 391 g/mol. The molecule has 0 bridgehead atoms. The molecule has 1 atom stereocenters. The molecule has 0 amide bonds. The first-order valence-corrected chi connectivity index (χ1v) is 7.61. The topological polar surface area (TPSA) is 66.2 Å². The fraction of sp³-hybridized carbons (Fsp3) is 0.188. The number of hydrogen-bond acceptors (Lipinski definition) is 3. The van der Waals surface area contributed by atoms with Gasteiger partial charge in [-0.2, -0.15) is 13.2 Å². The maximum absolute atomic E-state index is 13.7. The smallest absolute Gasteiger partial charge is 0.422 e. The van der Waals surface area contributed by atoms with Crippen molar-refractivity contribution in [1.29, 1.82) is 0 Å². The van der Waals surface area contributed by atoms with Gasteiger partial charge >= 0.3 is 11.8 Å². The lowest BCUT2D eigenvalue weighted by Gasteiger charge is -2.29. The van der Waals surface area contributed by atoms with Gasteiger partial charge in [-0.25, -0.2) is 4.79 Å². The Bertz CT molecular complexity index is 977. The highest BCUT2D eigenvalue weighted by molar-refractivity contribution is 9.10. The number of nitrogens with one attached hydrogen (secondary N) is 1. The number of aryl methyl sites for hydroxylation is 1. The van der Waals surface area contributed by atoms with Gasteiger partial charge < -0.3 is 14.5 Å². The van der Waals surface area contributed by atoms with E-state index < -0.39 is 28.7 Å². The molecule has 0 radical (unpaired) electrons. The van der Waals surface area contributed by atoms with Crippen molar-refractivity contribution in [1.82, 2.24) is 4.98 Å². The Balaban J connectivity index is 2.35. The lowest BCUT2D eigenvalue weighted by Crippen LogP contribution is -2.46. The minimum Gasteiger partial charge on any atom is -0.422 e. The zero-order valence-electron chi connectivity index (χ0n) is 12.2. The van der Waals surface area contributed by atoms with Crippen LogP contribution in [0.3, 0.4) is 0 Å². The largest absolute Gasteiger partial charge is 0.427 e. The zero-order valence-corrected chi connectivity index (χ0v) is 13.8. The molecule has 2 aromatic heterocycles. The van der Waals surface area contributed by atoms with E-state index in [0.717, 1.165) is 12.1 Å². The molecule has 4 nitrogen and oxygen atoms in total. The highest BCUT2D eigenvalue weighted by Crippen LogP contribution is 2.43. The van der Waals surface area contributed by atoms with Gasteiger partial charge in [0.1, 0.15) is 5.58 Å². The van der Waals surface area contributed by atoms with Crippen LogP contribution in [-0.2, 0) is 5.60 Å². The third-order valence-corrected chi connectivity index (χ3v) is 4.21. The van der Waals surface area contributed by atoms with Crippen molar-refractivity contribution in [3.05, 3.63) is 68.2 Å². The van der Waals surface area contributed by atoms with Crippen LogP contribution in [0.5, 0.6) is 0 Å². The lowest BCUT2D eigenvalue weighted by molar-refractivity contribution is -0.250. The van der Waals surface area contributed by atoms with Gasteiger partial charge in [-0.15, -0.1) is 0 Å². The molecule has 1 unspecified atom stereocenters. The second-order valence-corrected chi connectivity index (χ2v) is 6.31. The molecule has 8 heteroatoms. The number of fused-ring (bicyclic) bond motifs is 1. The van der Waals surface area contributed by atoms with Crippen LogP contribution in [0.25, 0.3) is 11.0 Å². The van der Waals surface area contributed by atoms with Crippen LogP contribution in [0.2, 0.25) is 0 Å². The summed E-state index contributed by atoms with van der Waals surface area (Å²) in [6.07, 6.45) is -5.13. The molecule has 126 valence electrons. The van der Waals surface area contributed by atoms with E-state index in [1.165, 1.54) is 18.2 Å². The number of H-pyrrole nitrogens is 1. The van der Waals surface area contributed by atoms with Crippen LogP contribution in [0, 0.1) is 6.92 Å². The molecule has 24 heavy (non-hydrogen) atoms. The summed E-state index contributed by atoms with van der Waals surface area (Å²) < 4.78 is 46.6. The van der Waals surface area contributed by atoms with Gasteiger partial charge in [0, 0.05) is 15.6 Å². The van der Waals surface area contributed by atoms with E-state index in [1.54, 1.807) is 13.0 Å². The van der Waals surface area contributed by atoms with Crippen LogP contribution < -0.4 is 5.63 Å². The van der Waals surface area contributed by atoms with Gasteiger partial charge in [0.2, 0.25) is 5.60 Å². The van der Waals surface area contributed by atoms with Crippen molar-refractivity contribution < 1.29 is 22.7 Å². The van der Waals surface area contributed by atoms with E-state index in [4.69, 9.17) is 4.42 Å². The summed E-state index contributed by atoms with van der Waals surface area (Å²) in [4.78, 5) is 14.6. The molecule has 3 aromatic rings. The molecule has 0 aliphatic heterocycles. The van der Waals surface area contributed by atoms with E-state index >= 15 is 0 Å². The normalized spacial score (nSPS) is 14.8. The van der Waals surface area contributed by atoms with Crippen LogP contribution in [0.15, 0.2) is 50.1 Å². The Kier molecular flexibility index (Phi) is 3.84. The van der Waals surface area contributed by atoms with Gasteiger partial charge in [0.25, 0.3) is 0 Å². The van der Waals surface area contributed by atoms with E-state index in [2.05, 4.69) is 20.9 Å². The summed E-state index contributed by atoms with van der Waals surface area (Å²) in [5, 5.41) is 10.7. The minimum atomic E-state index is -5.13. The molecular formula is C16H11BrF3NO3. The Morgan fingerprint density at radius 3 is 2.46 bits per heavy atom. The van der Waals surface area contributed by atoms with E-state index in [1.807, 2.05) is 0 Å². The molecule has 0 saturated heterocycles. The standard InChI is InChI=1S/C16H11BrF3NO3/c1-8-2-5-13(21-8)15(23,16(18,19)20)11-7-9-6-10(17)3-4-12(9)24-14(11)22/h2-7,21,23H,1H3. The number of aromatic nitrogens is 1. The van der Waals surface area contributed by atoms with Crippen LogP contribution in [0.4, 0.5) is 13.2 Å². The van der Waals surface area contributed by atoms with Gasteiger partial charge in [-0.1, -0.05) is 15.9 Å². The first kappa shape index (κ1) is 16.8. The summed E-state index contributed by atoms with van der Waals surface area (Å²) >= 11 is 3.20. The number of benzene rings is 1. The van der Waals surface area contributed by atoms with Crippen molar-refractivity contribution in [3.8, 4) is 0 Å². The van der Waals surface area contributed by atoms with Gasteiger partial charge in [0.15, 0.2) is 0 Å². The Morgan fingerprint density at radius 2 is 1.88 bits per heavy atom. The SMILES string of the molecule is Cc1ccc(C(O)(c2cc3cc(Br)ccc3oc2=O)C(F)(F)F)[nH]1. The van der Waals surface area contributed by atoms with Gasteiger partial charge in [0.05, 0.1) is 11.3 Å². The van der Waals surface area contributed by atoms with Gasteiger partial charge in [-0.3, -0.25) is 0 Å². The first-order valence-electron chi connectivity index (χ1n) is 6.82. The van der Waals surface area contributed by atoms with Crippen molar-refractivity contribution in [2.45, 2.75) is 18.7 Å². The summed E-state index contributed by atoms with van der Waals surface area (Å²) in [5.41, 5.74) is -5.66. The third kappa shape index (κ3) is 2.55. The molecule has 0 saturated carbocycles. The van der Waals surface area contributed by atoms with Crippen LogP contribution >= 0.6 is 15.9 Å². The van der Waals surface area contributed by atoms with Crippen LogP contribution in [-0.4, -0.2) is 16.3 Å². The van der Waals surface area contributed by atoms with Crippen molar-refractivity contribution >= 4 is 26.9 Å². The molecule has 3 rings (SSSR count). The van der Waals surface area contributed by atoms with Gasteiger partial charge in [-0.05, 0) is 43.3 Å². The first-order chi connectivity index (χ1) is 11.1. The average molecular weight is 402 g/mol. The molecule has 0 aliphatic carbocycles. The molecule has 1 aromatic carbocycles. The van der Waals surface area contributed by atoms with Crippen LogP contribution in [0.1, 0.15) is 17.0 Å². The molecule has 0 spiro atoms. The van der Waals surface area contributed by atoms with Crippen molar-refractivity contribution in [2.75, 3.05) is 0 Å². The zero-order chi connectivity index (χ0) is 17.7. The second-order valence-electron chi connectivity index (χ2n) is 5.39. The highest BCUT2D eigenvalue weighted by atomic mass is 79.9. The maximum Gasteiger partial charge on any atom is 0.427 e. The van der Waals surface area contributed by atoms with Crippen molar-refractivity contribution in [2.24, 2.45) is 0 Å². The van der Waals surface area contributed by atoms with Crippen molar-refractivity contribution in [3.63, 3.8) is 0 Å². The van der Waals surface area contributed by atoms with E-state index in [9.17, 15) is 23.1 Å². The Morgan fingerprint density at radius 1 is 1.17 bits per heavy atom. The summed E-state index contributed by atoms with van der Waals surface area (Å²) in [6.45, 7) is 1.54. The fourth-order valence-electron chi connectivity index (χ4n) is 2.51. The molecule has 0 aliphatic rings. The summed E-state index contributed by atoms with van der Waals surface area (Å²) in [7, 11) is 0. The predicted molar refractivity (Wildman–Crippen MR) is 84.8 cm³/mol. The number of aromatic amines is 1. The molecule has 2 N–H and O–H groups in total. The lowest BCUT2D eigenvalue weighted by atomic mass is 9.90. The summed E-state index contributed by atoms with van der Waals surface area (Å²) in [5.74, 6) is 0. The maximum atomic E-state index is 13.7. The number of rotatable bonds is 2. The van der Waals surface area contributed by atoms with E-state index in [-0.39, 0.29) is 11.0 Å². The molecule has 0 fully saturated rings. The monoisotopic (exact) mass is 401 g/mol.